The molecule has 1 aliphatic rings. The van der Waals surface area contributed by atoms with Crippen molar-refractivity contribution >= 4 is 6.03 Å². The van der Waals surface area contributed by atoms with Crippen LogP contribution < -0.4 is 5.32 Å². The molecule has 4 heteroatoms. The summed E-state index contributed by atoms with van der Waals surface area (Å²) in [4.78, 5) is 16.3. The lowest BCUT2D eigenvalue weighted by Crippen LogP contribution is -2.51. The van der Waals surface area contributed by atoms with Gasteiger partial charge in [-0.15, -0.1) is 0 Å². The number of aryl methyl sites for hydroxylation is 1. The predicted molar refractivity (Wildman–Crippen MR) is 91.1 cm³/mol. The van der Waals surface area contributed by atoms with Crippen LogP contribution in [0.15, 0.2) is 30.3 Å². The minimum atomic E-state index is 0.102. The highest BCUT2D eigenvalue weighted by atomic mass is 16.2. The van der Waals surface area contributed by atoms with Crippen LogP contribution in [0.5, 0.6) is 0 Å². The van der Waals surface area contributed by atoms with Gasteiger partial charge in [0.1, 0.15) is 0 Å². The summed E-state index contributed by atoms with van der Waals surface area (Å²) in [7, 11) is 0. The summed E-state index contributed by atoms with van der Waals surface area (Å²) in [5.41, 5.74) is 1.43. The van der Waals surface area contributed by atoms with Crippen LogP contribution in [0.2, 0.25) is 0 Å². The Labute approximate surface area is 134 Å². The Kier molecular flexibility index (Phi) is 7.23. The van der Waals surface area contributed by atoms with Gasteiger partial charge in [0.25, 0.3) is 0 Å². The quantitative estimate of drug-likeness (QED) is 0.786. The van der Waals surface area contributed by atoms with E-state index in [-0.39, 0.29) is 6.03 Å². The fraction of sp³-hybridized carbons (Fsp3) is 0.611. The Morgan fingerprint density at radius 2 is 1.82 bits per heavy atom. The highest BCUT2D eigenvalue weighted by Crippen LogP contribution is 2.07. The third-order valence-corrected chi connectivity index (χ3v) is 4.22. The van der Waals surface area contributed by atoms with Crippen molar-refractivity contribution in [1.29, 1.82) is 0 Å². The minimum absolute atomic E-state index is 0.102. The second-order valence-electron chi connectivity index (χ2n) is 6.00. The summed E-state index contributed by atoms with van der Waals surface area (Å²) >= 11 is 0. The van der Waals surface area contributed by atoms with E-state index in [4.69, 9.17) is 0 Å². The molecule has 1 saturated heterocycles. The molecule has 0 aliphatic carbocycles. The van der Waals surface area contributed by atoms with E-state index in [9.17, 15) is 4.79 Å². The van der Waals surface area contributed by atoms with Gasteiger partial charge in [-0.2, -0.15) is 0 Å². The first-order chi connectivity index (χ1) is 10.8. The molecule has 1 aromatic carbocycles. The first-order valence-corrected chi connectivity index (χ1v) is 8.58. The molecule has 1 aromatic rings. The molecule has 0 unspecified atom stereocenters. The van der Waals surface area contributed by atoms with E-state index in [1.165, 1.54) is 24.8 Å². The van der Waals surface area contributed by atoms with E-state index in [1.807, 2.05) is 4.90 Å². The summed E-state index contributed by atoms with van der Waals surface area (Å²) in [6.45, 7) is 7.72. The van der Waals surface area contributed by atoms with E-state index in [0.717, 1.165) is 45.7 Å². The summed E-state index contributed by atoms with van der Waals surface area (Å²) in [5, 5.41) is 2.96. The molecule has 0 bridgehead atoms. The lowest BCUT2D eigenvalue weighted by atomic mass is 10.1. The molecular formula is C18H29N3O. The van der Waals surface area contributed by atoms with Crippen LogP contribution in [0.25, 0.3) is 0 Å². The molecule has 0 radical (unpaired) electrons. The molecule has 122 valence electrons. The number of benzene rings is 1. The van der Waals surface area contributed by atoms with Crippen molar-refractivity contribution in [3.8, 4) is 0 Å². The maximum Gasteiger partial charge on any atom is 0.317 e. The fourth-order valence-corrected chi connectivity index (χ4v) is 2.83. The zero-order valence-corrected chi connectivity index (χ0v) is 13.8. The Balaban J connectivity index is 1.56. The van der Waals surface area contributed by atoms with Crippen LogP contribution in [0.3, 0.4) is 0 Å². The molecule has 1 fully saturated rings. The molecule has 0 aromatic heterocycles. The number of unbranched alkanes of at least 4 members (excludes halogenated alkanes) is 1. The van der Waals surface area contributed by atoms with Crippen molar-refractivity contribution in [2.75, 3.05) is 39.3 Å². The number of hydrogen-bond acceptors (Lipinski definition) is 2. The normalized spacial score (nSPS) is 15.8. The molecule has 0 atom stereocenters. The van der Waals surface area contributed by atoms with E-state index in [1.54, 1.807) is 0 Å². The van der Waals surface area contributed by atoms with Gasteiger partial charge >= 0.3 is 6.03 Å². The molecular weight excluding hydrogens is 274 g/mol. The number of carbonyl (C=O) groups is 1. The standard InChI is InChI=1S/C18H29N3O/c1-2-11-19-18(22)21-15-13-20(14-16-21)12-7-6-10-17-8-4-3-5-9-17/h3-5,8-9H,2,6-7,10-16H2,1H3,(H,19,22). The molecule has 2 amide bonds. The van der Waals surface area contributed by atoms with Gasteiger partial charge in [0.15, 0.2) is 0 Å². The zero-order chi connectivity index (χ0) is 15.6. The minimum Gasteiger partial charge on any atom is -0.338 e. The SMILES string of the molecule is CCCNC(=O)N1CCN(CCCCc2ccccc2)CC1. The zero-order valence-electron chi connectivity index (χ0n) is 13.8. The van der Waals surface area contributed by atoms with E-state index < -0.39 is 0 Å². The Morgan fingerprint density at radius 1 is 1.09 bits per heavy atom. The summed E-state index contributed by atoms with van der Waals surface area (Å²) in [6, 6.07) is 10.8. The highest BCUT2D eigenvalue weighted by Gasteiger charge is 2.19. The van der Waals surface area contributed by atoms with Crippen LogP contribution in [-0.2, 0) is 6.42 Å². The van der Waals surface area contributed by atoms with E-state index in [2.05, 4.69) is 47.5 Å². The lowest BCUT2D eigenvalue weighted by Gasteiger charge is -2.34. The molecule has 22 heavy (non-hydrogen) atoms. The summed E-state index contributed by atoms with van der Waals surface area (Å²) < 4.78 is 0. The second kappa shape index (κ2) is 9.46. The number of rotatable bonds is 7. The number of hydrogen-bond donors (Lipinski definition) is 1. The lowest BCUT2D eigenvalue weighted by molar-refractivity contribution is 0.138. The molecule has 1 N–H and O–H groups in total. The molecule has 2 rings (SSSR count). The maximum atomic E-state index is 11.9. The predicted octanol–water partition coefficient (Wildman–Crippen LogP) is 2.75. The number of amides is 2. The van der Waals surface area contributed by atoms with Crippen LogP contribution in [0.1, 0.15) is 31.7 Å². The van der Waals surface area contributed by atoms with Gasteiger partial charge in [-0.25, -0.2) is 4.79 Å². The number of piperazine rings is 1. The monoisotopic (exact) mass is 303 g/mol. The molecule has 1 heterocycles. The number of nitrogens with one attached hydrogen (secondary N) is 1. The highest BCUT2D eigenvalue weighted by molar-refractivity contribution is 5.74. The number of urea groups is 1. The molecule has 0 saturated carbocycles. The molecule has 4 nitrogen and oxygen atoms in total. The smallest absolute Gasteiger partial charge is 0.317 e. The van der Waals surface area contributed by atoms with Gasteiger partial charge in [0.2, 0.25) is 0 Å². The first-order valence-electron chi connectivity index (χ1n) is 8.58. The largest absolute Gasteiger partial charge is 0.338 e. The molecule has 1 aliphatic heterocycles. The van der Waals surface area contributed by atoms with Gasteiger partial charge in [-0.05, 0) is 37.8 Å². The van der Waals surface area contributed by atoms with Crippen LogP contribution in [0, 0.1) is 0 Å². The van der Waals surface area contributed by atoms with Crippen LogP contribution >= 0.6 is 0 Å². The molecule has 0 spiro atoms. The number of carbonyl (C=O) groups excluding carboxylic acids is 1. The fourth-order valence-electron chi connectivity index (χ4n) is 2.83. The van der Waals surface area contributed by atoms with Crippen molar-refractivity contribution in [3.05, 3.63) is 35.9 Å². The third-order valence-electron chi connectivity index (χ3n) is 4.22. The van der Waals surface area contributed by atoms with Crippen LogP contribution in [0.4, 0.5) is 4.79 Å². The summed E-state index contributed by atoms with van der Waals surface area (Å²) in [6.07, 6.45) is 4.63. The number of nitrogens with zero attached hydrogens (tertiary/aromatic N) is 2. The Bertz CT molecular complexity index is 427. The average Bonchev–Trinajstić information content (AvgIpc) is 2.58. The topological polar surface area (TPSA) is 35.6 Å². The second-order valence-corrected chi connectivity index (χ2v) is 6.00. The van der Waals surface area contributed by atoms with Crippen molar-refractivity contribution in [2.45, 2.75) is 32.6 Å². The van der Waals surface area contributed by atoms with Crippen molar-refractivity contribution in [2.24, 2.45) is 0 Å². The van der Waals surface area contributed by atoms with Gasteiger partial charge in [-0.1, -0.05) is 37.3 Å². The van der Waals surface area contributed by atoms with Crippen molar-refractivity contribution in [3.63, 3.8) is 0 Å². The van der Waals surface area contributed by atoms with E-state index >= 15 is 0 Å². The Morgan fingerprint density at radius 3 is 2.50 bits per heavy atom. The van der Waals surface area contributed by atoms with Crippen molar-refractivity contribution < 1.29 is 4.79 Å². The van der Waals surface area contributed by atoms with Gasteiger partial charge in [0, 0.05) is 32.7 Å². The Hall–Kier alpha value is -1.55. The van der Waals surface area contributed by atoms with Gasteiger partial charge in [-0.3, -0.25) is 4.90 Å². The summed E-state index contributed by atoms with van der Waals surface area (Å²) in [5.74, 6) is 0. The average molecular weight is 303 g/mol. The maximum absolute atomic E-state index is 11.9. The van der Waals surface area contributed by atoms with Gasteiger partial charge < -0.3 is 10.2 Å². The third kappa shape index (κ3) is 5.68. The van der Waals surface area contributed by atoms with Crippen LogP contribution in [-0.4, -0.2) is 55.1 Å². The van der Waals surface area contributed by atoms with Gasteiger partial charge in [0.05, 0.1) is 0 Å². The van der Waals surface area contributed by atoms with E-state index in [0.29, 0.717) is 0 Å². The first kappa shape index (κ1) is 16.8. The van der Waals surface area contributed by atoms with Crippen molar-refractivity contribution in [1.82, 2.24) is 15.1 Å².